The van der Waals surface area contributed by atoms with Crippen molar-refractivity contribution in [2.24, 2.45) is 5.41 Å². The standard InChI is InChI=1S/C15H26ClN3O/c1-15(7-5-4-6-8-15)14(17-2)13-12(16)11-18-19(13)9-10-20-3/h11,14,17H,4-10H2,1-3H3. The maximum absolute atomic E-state index is 6.41. The number of nitrogens with one attached hydrogen (secondary N) is 1. The Hall–Kier alpha value is -0.580. The van der Waals surface area contributed by atoms with Crippen molar-refractivity contribution in [3.63, 3.8) is 0 Å². The third kappa shape index (κ3) is 3.18. The molecule has 1 heterocycles. The quantitative estimate of drug-likeness (QED) is 0.875. The monoisotopic (exact) mass is 299 g/mol. The van der Waals surface area contributed by atoms with Gasteiger partial charge in [0.25, 0.3) is 0 Å². The topological polar surface area (TPSA) is 39.1 Å². The summed E-state index contributed by atoms with van der Waals surface area (Å²) in [6, 6.07) is 0.245. The van der Waals surface area contributed by atoms with Gasteiger partial charge < -0.3 is 10.1 Å². The van der Waals surface area contributed by atoms with E-state index in [9.17, 15) is 0 Å². The summed E-state index contributed by atoms with van der Waals surface area (Å²) in [5, 5.41) is 8.66. The van der Waals surface area contributed by atoms with Gasteiger partial charge in [-0.2, -0.15) is 5.10 Å². The first kappa shape index (κ1) is 15.8. The van der Waals surface area contributed by atoms with E-state index < -0.39 is 0 Å². The van der Waals surface area contributed by atoms with Crippen LogP contribution in [0.3, 0.4) is 0 Å². The van der Waals surface area contributed by atoms with E-state index in [-0.39, 0.29) is 11.5 Å². The summed E-state index contributed by atoms with van der Waals surface area (Å²) in [6.45, 7) is 3.77. The van der Waals surface area contributed by atoms with Crippen LogP contribution in [0.15, 0.2) is 6.20 Å². The Morgan fingerprint density at radius 3 is 2.75 bits per heavy atom. The van der Waals surface area contributed by atoms with Gasteiger partial charge in [-0.3, -0.25) is 4.68 Å². The second kappa shape index (κ2) is 6.92. The lowest BCUT2D eigenvalue weighted by Crippen LogP contribution is -2.37. The molecular formula is C15H26ClN3O. The smallest absolute Gasteiger partial charge is 0.0834 e. The minimum absolute atomic E-state index is 0.245. The van der Waals surface area contributed by atoms with Gasteiger partial charge in [0.1, 0.15) is 0 Å². The van der Waals surface area contributed by atoms with Crippen molar-refractivity contribution < 1.29 is 4.74 Å². The molecular weight excluding hydrogens is 274 g/mol. The van der Waals surface area contributed by atoms with Gasteiger partial charge in [-0.25, -0.2) is 0 Å². The van der Waals surface area contributed by atoms with Crippen LogP contribution in [0, 0.1) is 5.41 Å². The molecule has 1 aliphatic carbocycles. The molecule has 20 heavy (non-hydrogen) atoms. The fourth-order valence-corrected chi connectivity index (χ4v) is 3.73. The van der Waals surface area contributed by atoms with Crippen LogP contribution in [-0.4, -0.2) is 30.5 Å². The zero-order valence-electron chi connectivity index (χ0n) is 12.8. The number of halogens is 1. The van der Waals surface area contributed by atoms with Crippen molar-refractivity contribution in [3.8, 4) is 0 Å². The van der Waals surface area contributed by atoms with E-state index >= 15 is 0 Å². The highest BCUT2D eigenvalue weighted by Crippen LogP contribution is 2.46. The largest absolute Gasteiger partial charge is 0.383 e. The van der Waals surface area contributed by atoms with Crippen molar-refractivity contribution in [2.45, 2.75) is 51.6 Å². The third-order valence-electron chi connectivity index (χ3n) is 4.60. The Morgan fingerprint density at radius 2 is 2.15 bits per heavy atom. The Bertz CT molecular complexity index is 427. The molecule has 1 unspecified atom stereocenters. The predicted octanol–water partition coefficient (Wildman–Crippen LogP) is 3.41. The van der Waals surface area contributed by atoms with Crippen LogP contribution in [-0.2, 0) is 11.3 Å². The van der Waals surface area contributed by atoms with Gasteiger partial charge in [-0.05, 0) is 25.3 Å². The molecule has 0 bridgehead atoms. The number of ether oxygens (including phenoxy) is 1. The average molecular weight is 300 g/mol. The minimum atomic E-state index is 0.245. The van der Waals surface area contributed by atoms with Crippen molar-refractivity contribution in [2.75, 3.05) is 20.8 Å². The molecule has 0 radical (unpaired) electrons. The van der Waals surface area contributed by atoms with Gasteiger partial charge in [-0.1, -0.05) is 37.8 Å². The second-order valence-electron chi connectivity index (χ2n) is 6.03. The van der Waals surface area contributed by atoms with E-state index in [1.165, 1.54) is 32.1 Å². The van der Waals surface area contributed by atoms with Gasteiger partial charge in [-0.15, -0.1) is 0 Å². The highest BCUT2D eigenvalue weighted by molar-refractivity contribution is 6.31. The lowest BCUT2D eigenvalue weighted by atomic mass is 9.69. The molecule has 0 aromatic carbocycles. The summed E-state index contributed by atoms with van der Waals surface area (Å²) in [4.78, 5) is 0. The molecule has 0 amide bonds. The minimum Gasteiger partial charge on any atom is -0.383 e. The molecule has 0 aliphatic heterocycles. The Labute approximate surface area is 126 Å². The molecule has 1 aromatic heterocycles. The summed E-state index contributed by atoms with van der Waals surface area (Å²) in [5.41, 5.74) is 1.36. The van der Waals surface area contributed by atoms with Crippen molar-refractivity contribution in [3.05, 3.63) is 16.9 Å². The van der Waals surface area contributed by atoms with E-state index in [0.29, 0.717) is 6.61 Å². The molecule has 0 spiro atoms. The molecule has 1 aromatic rings. The Kier molecular flexibility index (Phi) is 5.47. The molecule has 1 aliphatic rings. The molecule has 1 fully saturated rings. The first-order chi connectivity index (χ1) is 9.62. The lowest BCUT2D eigenvalue weighted by molar-refractivity contribution is 0.139. The normalized spacial score (nSPS) is 20.0. The van der Waals surface area contributed by atoms with Crippen LogP contribution in [0.2, 0.25) is 5.02 Å². The van der Waals surface area contributed by atoms with E-state index in [4.69, 9.17) is 16.3 Å². The molecule has 1 N–H and O–H groups in total. The Balaban J connectivity index is 2.28. The van der Waals surface area contributed by atoms with Crippen LogP contribution in [0.25, 0.3) is 0 Å². The molecule has 1 atom stereocenters. The number of hydrogen-bond acceptors (Lipinski definition) is 3. The van der Waals surface area contributed by atoms with E-state index in [2.05, 4.69) is 17.3 Å². The maximum atomic E-state index is 6.41. The summed E-state index contributed by atoms with van der Waals surface area (Å²) >= 11 is 6.41. The van der Waals surface area contributed by atoms with Gasteiger partial charge in [0.15, 0.2) is 0 Å². The highest BCUT2D eigenvalue weighted by atomic mass is 35.5. The summed E-state index contributed by atoms with van der Waals surface area (Å²) in [5.74, 6) is 0. The van der Waals surface area contributed by atoms with Crippen molar-refractivity contribution in [1.29, 1.82) is 0 Å². The lowest BCUT2D eigenvalue weighted by Gasteiger charge is -2.41. The number of rotatable bonds is 6. The number of aromatic nitrogens is 2. The van der Waals surface area contributed by atoms with Gasteiger partial charge in [0.05, 0.1) is 36.1 Å². The average Bonchev–Trinajstić information content (AvgIpc) is 2.80. The summed E-state index contributed by atoms with van der Waals surface area (Å²) < 4.78 is 7.16. The van der Waals surface area contributed by atoms with E-state index in [0.717, 1.165) is 17.3 Å². The third-order valence-corrected chi connectivity index (χ3v) is 4.89. The van der Waals surface area contributed by atoms with Crippen LogP contribution >= 0.6 is 11.6 Å². The number of hydrogen-bond donors (Lipinski definition) is 1. The van der Waals surface area contributed by atoms with Crippen LogP contribution in [0.5, 0.6) is 0 Å². The first-order valence-corrected chi connectivity index (χ1v) is 7.87. The Morgan fingerprint density at radius 1 is 1.45 bits per heavy atom. The van der Waals surface area contributed by atoms with Crippen LogP contribution in [0.1, 0.15) is 50.8 Å². The molecule has 114 valence electrons. The second-order valence-corrected chi connectivity index (χ2v) is 6.44. The SMILES string of the molecule is CNC(c1c(Cl)cnn1CCOC)C1(C)CCCCC1. The maximum Gasteiger partial charge on any atom is 0.0834 e. The van der Waals surface area contributed by atoms with Gasteiger partial charge in [0.2, 0.25) is 0 Å². The fourth-order valence-electron chi connectivity index (χ4n) is 3.48. The van der Waals surface area contributed by atoms with Crippen molar-refractivity contribution >= 4 is 11.6 Å². The molecule has 0 saturated heterocycles. The molecule has 2 rings (SSSR count). The van der Waals surface area contributed by atoms with E-state index in [1.54, 1.807) is 13.3 Å². The number of nitrogens with zero attached hydrogens (tertiary/aromatic N) is 2. The zero-order valence-corrected chi connectivity index (χ0v) is 13.5. The van der Waals surface area contributed by atoms with Crippen LogP contribution in [0.4, 0.5) is 0 Å². The van der Waals surface area contributed by atoms with Crippen LogP contribution < -0.4 is 5.32 Å². The zero-order chi connectivity index (χ0) is 14.6. The first-order valence-electron chi connectivity index (χ1n) is 7.50. The van der Waals surface area contributed by atoms with E-state index in [1.807, 2.05) is 11.7 Å². The molecule has 4 nitrogen and oxygen atoms in total. The fraction of sp³-hybridized carbons (Fsp3) is 0.800. The molecule has 1 saturated carbocycles. The highest BCUT2D eigenvalue weighted by Gasteiger charge is 2.38. The molecule has 5 heteroatoms. The predicted molar refractivity (Wildman–Crippen MR) is 82.1 cm³/mol. The summed E-state index contributed by atoms with van der Waals surface area (Å²) in [6.07, 6.45) is 8.19. The van der Waals surface area contributed by atoms with Gasteiger partial charge in [0, 0.05) is 7.11 Å². The number of methoxy groups -OCH3 is 1. The summed E-state index contributed by atoms with van der Waals surface area (Å²) in [7, 11) is 3.73. The van der Waals surface area contributed by atoms with Crippen molar-refractivity contribution in [1.82, 2.24) is 15.1 Å². The van der Waals surface area contributed by atoms with Gasteiger partial charge >= 0.3 is 0 Å².